The quantitative estimate of drug-likeness (QED) is 0.709. The fourth-order valence-corrected chi connectivity index (χ4v) is 2.99. The Bertz CT molecular complexity index is 747. The van der Waals surface area contributed by atoms with Crippen LogP contribution in [0.1, 0.15) is 28.4 Å². The van der Waals surface area contributed by atoms with E-state index < -0.39 is 5.97 Å². The fraction of sp³-hybridized carbons (Fsp3) is 0.263. The largest absolute Gasteiger partial charge is 0.465 e. The Hall–Kier alpha value is -2.34. The van der Waals surface area contributed by atoms with Crippen molar-refractivity contribution in [3.05, 3.63) is 63.6 Å². The van der Waals surface area contributed by atoms with Crippen molar-refractivity contribution >= 4 is 33.6 Å². The number of carbonyl (C=O) groups is 2. The first-order valence-corrected chi connectivity index (χ1v) is 8.68. The molecule has 0 aliphatic heterocycles. The van der Waals surface area contributed by atoms with Gasteiger partial charge in [-0.2, -0.15) is 0 Å². The smallest absolute Gasteiger partial charge is 0.337 e. The van der Waals surface area contributed by atoms with E-state index in [0.29, 0.717) is 24.3 Å². The minimum atomic E-state index is -0.439. The molecule has 0 spiro atoms. The third kappa shape index (κ3) is 5.32. The third-order valence-electron chi connectivity index (χ3n) is 3.57. The zero-order valence-corrected chi connectivity index (χ0v) is 15.8. The van der Waals surface area contributed by atoms with E-state index in [1.807, 2.05) is 30.3 Å². The molecule has 1 N–H and O–H groups in total. The lowest BCUT2D eigenvalue weighted by atomic mass is 10.0. The number of esters is 2. The van der Waals surface area contributed by atoms with Crippen LogP contribution in [0.2, 0.25) is 0 Å². The van der Waals surface area contributed by atoms with Crippen LogP contribution >= 0.6 is 15.9 Å². The van der Waals surface area contributed by atoms with Gasteiger partial charge in [0.25, 0.3) is 0 Å². The van der Waals surface area contributed by atoms with Crippen molar-refractivity contribution in [2.24, 2.45) is 0 Å². The maximum absolute atomic E-state index is 11.9. The van der Waals surface area contributed by atoms with Crippen molar-refractivity contribution in [2.75, 3.05) is 25.6 Å². The van der Waals surface area contributed by atoms with E-state index in [-0.39, 0.29) is 12.5 Å². The molecule has 0 amide bonds. The summed E-state index contributed by atoms with van der Waals surface area (Å²) < 4.78 is 10.5. The van der Waals surface area contributed by atoms with Crippen LogP contribution in [0.3, 0.4) is 0 Å². The van der Waals surface area contributed by atoms with Crippen LogP contribution in [0.4, 0.5) is 5.69 Å². The topological polar surface area (TPSA) is 64.6 Å². The van der Waals surface area contributed by atoms with E-state index in [1.165, 1.54) is 7.11 Å². The number of carbonyl (C=O) groups excluding carboxylic acids is 2. The maximum Gasteiger partial charge on any atom is 0.337 e. The summed E-state index contributed by atoms with van der Waals surface area (Å²) in [4.78, 5) is 23.5. The molecule has 0 aliphatic rings. The summed E-state index contributed by atoms with van der Waals surface area (Å²) >= 11 is 3.53. The van der Waals surface area contributed by atoms with E-state index >= 15 is 0 Å². The highest BCUT2D eigenvalue weighted by Crippen LogP contribution is 2.30. The molecular formula is C19H20BrNO4. The summed E-state index contributed by atoms with van der Waals surface area (Å²) in [6.45, 7) is 2.10. The number of hydrogen-bond donors (Lipinski definition) is 1. The summed E-state index contributed by atoms with van der Waals surface area (Å²) in [5.41, 5.74) is 3.15. The zero-order valence-electron chi connectivity index (χ0n) is 14.2. The van der Waals surface area contributed by atoms with Gasteiger partial charge in [-0.05, 0) is 30.2 Å². The number of nitrogens with one attached hydrogen (secondary N) is 1. The van der Waals surface area contributed by atoms with Crippen LogP contribution in [-0.4, -0.2) is 32.2 Å². The normalized spacial score (nSPS) is 10.2. The van der Waals surface area contributed by atoms with Crippen LogP contribution in [0.5, 0.6) is 0 Å². The lowest BCUT2D eigenvalue weighted by Crippen LogP contribution is -2.18. The van der Waals surface area contributed by atoms with Crippen molar-refractivity contribution in [1.29, 1.82) is 0 Å². The zero-order chi connectivity index (χ0) is 18.2. The second kappa shape index (κ2) is 9.22. The van der Waals surface area contributed by atoms with Gasteiger partial charge >= 0.3 is 11.9 Å². The average molecular weight is 406 g/mol. The molecule has 0 heterocycles. The average Bonchev–Trinajstić information content (AvgIpc) is 2.62. The van der Waals surface area contributed by atoms with Crippen molar-refractivity contribution in [1.82, 2.24) is 0 Å². The van der Waals surface area contributed by atoms with Gasteiger partial charge in [-0.3, -0.25) is 4.79 Å². The Morgan fingerprint density at radius 2 is 1.88 bits per heavy atom. The second-order valence-electron chi connectivity index (χ2n) is 5.30. The van der Waals surface area contributed by atoms with E-state index in [0.717, 1.165) is 15.6 Å². The second-order valence-corrected chi connectivity index (χ2v) is 6.15. The molecule has 132 valence electrons. The molecular weight excluding hydrogens is 386 g/mol. The van der Waals surface area contributed by atoms with Crippen LogP contribution in [0, 0.1) is 0 Å². The molecule has 0 fully saturated rings. The predicted octanol–water partition coefficient (Wildman–Crippen LogP) is 3.80. The molecule has 0 aromatic heterocycles. The van der Waals surface area contributed by atoms with Crippen molar-refractivity contribution in [2.45, 2.75) is 13.3 Å². The lowest BCUT2D eigenvalue weighted by Gasteiger charge is -2.15. The van der Waals surface area contributed by atoms with Crippen molar-refractivity contribution < 1.29 is 19.1 Å². The molecule has 0 saturated heterocycles. The number of anilines is 1. The van der Waals surface area contributed by atoms with Crippen LogP contribution < -0.4 is 5.32 Å². The summed E-state index contributed by atoms with van der Waals surface area (Å²) in [6, 6.07) is 13.4. The number of ether oxygens (including phenoxy) is 2. The molecule has 0 atom stereocenters. The summed E-state index contributed by atoms with van der Waals surface area (Å²) in [5.74, 6) is -0.793. The highest BCUT2D eigenvalue weighted by Gasteiger charge is 2.15. The number of rotatable bonds is 7. The Morgan fingerprint density at radius 1 is 1.16 bits per heavy atom. The SMILES string of the molecule is CCOC(=O)CNc1cc(C(=O)OC)cc(Br)c1Cc1ccccc1. The summed E-state index contributed by atoms with van der Waals surface area (Å²) in [6.07, 6.45) is 0.647. The van der Waals surface area contributed by atoms with Gasteiger partial charge in [-0.25, -0.2) is 4.79 Å². The molecule has 2 rings (SSSR count). The Labute approximate surface area is 155 Å². The number of halogens is 1. The highest BCUT2D eigenvalue weighted by molar-refractivity contribution is 9.10. The van der Waals surface area contributed by atoms with Crippen LogP contribution in [0.25, 0.3) is 0 Å². The van der Waals surface area contributed by atoms with E-state index in [4.69, 9.17) is 9.47 Å². The molecule has 0 aliphatic carbocycles. The fourth-order valence-electron chi connectivity index (χ4n) is 2.39. The third-order valence-corrected chi connectivity index (χ3v) is 4.28. The monoisotopic (exact) mass is 405 g/mol. The number of methoxy groups -OCH3 is 1. The first-order chi connectivity index (χ1) is 12.0. The van der Waals surface area contributed by atoms with Gasteiger partial charge in [-0.1, -0.05) is 46.3 Å². The first kappa shape index (κ1) is 19.0. The first-order valence-electron chi connectivity index (χ1n) is 7.89. The molecule has 0 unspecified atom stereocenters. The molecule has 0 radical (unpaired) electrons. The number of hydrogen-bond acceptors (Lipinski definition) is 5. The predicted molar refractivity (Wildman–Crippen MR) is 99.9 cm³/mol. The minimum absolute atomic E-state index is 0.0205. The molecule has 2 aromatic carbocycles. The standard InChI is InChI=1S/C19H20BrNO4/c1-3-25-18(22)12-21-17-11-14(19(23)24-2)10-16(20)15(17)9-13-7-5-4-6-8-13/h4-8,10-11,21H,3,9,12H2,1-2H3. The van der Waals surface area contributed by atoms with Crippen LogP contribution in [-0.2, 0) is 20.7 Å². The van der Waals surface area contributed by atoms with E-state index in [1.54, 1.807) is 19.1 Å². The molecule has 25 heavy (non-hydrogen) atoms. The van der Waals surface area contributed by atoms with Gasteiger partial charge < -0.3 is 14.8 Å². The molecule has 6 heteroatoms. The van der Waals surface area contributed by atoms with Gasteiger partial charge in [0.2, 0.25) is 0 Å². The lowest BCUT2D eigenvalue weighted by molar-refractivity contribution is -0.140. The summed E-state index contributed by atoms with van der Waals surface area (Å²) in [5, 5.41) is 3.07. The Morgan fingerprint density at radius 3 is 2.52 bits per heavy atom. The van der Waals surface area contributed by atoms with Gasteiger partial charge in [0, 0.05) is 16.6 Å². The van der Waals surface area contributed by atoms with E-state index in [9.17, 15) is 9.59 Å². The van der Waals surface area contributed by atoms with E-state index in [2.05, 4.69) is 21.2 Å². The van der Waals surface area contributed by atoms with Crippen molar-refractivity contribution in [3.8, 4) is 0 Å². The van der Waals surface area contributed by atoms with Crippen molar-refractivity contribution in [3.63, 3.8) is 0 Å². The summed E-state index contributed by atoms with van der Waals surface area (Å²) in [7, 11) is 1.33. The van der Waals surface area contributed by atoms with Gasteiger partial charge in [0.15, 0.2) is 0 Å². The molecule has 0 bridgehead atoms. The van der Waals surface area contributed by atoms with Crippen LogP contribution in [0.15, 0.2) is 46.9 Å². The maximum atomic E-state index is 11.9. The number of benzene rings is 2. The van der Waals surface area contributed by atoms with Gasteiger partial charge in [-0.15, -0.1) is 0 Å². The van der Waals surface area contributed by atoms with Gasteiger partial charge in [0.1, 0.15) is 6.54 Å². The molecule has 2 aromatic rings. The molecule has 0 saturated carbocycles. The molecule has 5 nitrogen and oxygen atoms in total. The highest BCUT2D eigenvalue weighted by atomic mass is 79.9. The van der Waals surface area contributed by atoms with Gasteiger partial charge in [0.05, 0.1) is 19.3 Å². The minimum Gasteiger partial charge on any atom is -0.465 e. The Balaban J connectivity index is 2.34. The Kier molecular flexibility index (Phi) is 7.01.